The second-order valence-electron chi connectivity index (χ2n) is 5.34. The van der Waals surface area contributed by atoms with E-state index in [-0.39, 0.29) is 5.91 Å². The Balaban J connectivity index is 2.39. The van der Waals surface area contributed by atoms with Crippen LogP contribution in [-0.4, -0.2) is 44.5 Å². The number of carbonyl (C=O) groups is 1. The molecule has 1 rings (SSSR count). The number of nitrogens with one attached hydrogen (secondary N) is 2. The molecule has 0 fully saturated rings. The SMILES string of the molecule is CCc1cccc(C)c1NC(=O)CNCCCN(C)C. The highest BCUT2D eigenvalue weighted by molar-refractivity contribution is 5.93. The third kappa shape index (κ3) is 5.72. The van der Waals surface area contributed by atoms with Crippen molar-refractivity contribution in [3.63, 3.8) is 0 Å². The molecule has 0 radical (unpaired) electrons. The molecule has 0 aliphatic rings. The summed E-state index contributed by atoms with van der Waals surface area (Å²) in [5, 5.41) is 6.20. The topological polar surface area (TPSA) is 44.4 Å². The second-order valence-corrected chi connectivity index (χ2v) is 5.34. The zero-order valence-corrected chi connectivity index (χ0v) is 13.1. The highest BCUT2D eigenvalue weighted by Crippen LogP contribution is 2.20. The van der Waals surface area contributed by atoms with E-state index < -0.39 is 0 Å². The standard InChI is InChI=1S/C16H27N3O/c1-5-14-9-6-8-13(2)16(14)18-15(20)12-17-10-7-11-19(3)4/h6,8-9,17H,5,7,10-12H2,1-4H3,(H,18,20). The summed E-state index contributed by atoms with van der Waals surface area (Å²) in [6, 6.07) is 6.12. The molecule has 112 valence electrons. The number of hydrogen-bond acceptors (Lipinski definition) is 3. The van der Waals surface area contributed by atoms with E-state index in [1.54, 1.807) is 0 Å². The quantitative estimate of drug-likeness (QED) is 0.715. The molecular weight excluding hydrogens is 250 g/mol. The van der Waals surface area contributed by atoms with Crippen LogP contribution in [0.3, 0.4) is 0 Å². The van der Waals surface area contributed by atoms with Crippen LogP contribution in [0.25, 0.3) is 0 Å². The Kier molecular flexibility index (Phi) is 7.26. The van der Waals surface area contributed by atoms with Gasteiger partial charge in [0.2, 0.25) is 5.91 Å². The molecule has 0 aliphatic carbocycles. The minimum atomic E-state index is 0.0267. The van der Waals surface area contributed by atoms with Gasteiger partial charge in [-0.3, -0.25) is 4.79 Å². The van der Waals surface area contributed by atoms with Gasteiger partial charge in [-0.05, 0) is 58.1 Å². The number of amides is 1. The lowest BCUT2D eigenvalue weighted by molar-refractivity contribution is -0.115. The normalized spacial score (nSPS) is 10.8. The molecule has 0 bridgehead atoms. The number of para-hydroxylation sites is 1. The minimum absolute atomic E-state index is 0.0267. The smallest absolute Gasteiger partial charge is 0.238 e. The fraction of sp³-hybridized carbons (Fsp3) is 0.562. The van der Waals surface area contributed by atoms with E-state index >= 15 is 0 Å². The number of rotatable bonds is 8. The zero-order valence-electron chi connectivity index (χ0n) is 13.1. The van der Waals surface area contributed by atoms with Crippen molar-refractivity contribution in [2.75, 3.05) is 39.0 Å². The highest BCUT2D eigenvalue weighted by atomic mass is 16.1. The number of anilines is 1. The molecule has 0 unspecified atom stereocenters. The van der Waals surface area contributed by atoms with E-state index in [0.29, 0.717) is 6.54 Å². The number of benzene rings is 1. The van der Waals surface area contributed by atoms with Crippen LogP contribution in [0.2, 0.25) is 0 Å². The van der Waals surface area contributed by atoms with Crippen molar-refractivity contribution >= 4 is 11.6 Å². The summed E-state index contributed by atoms with van der Waals surface area (Å²) in [4.78, 5) is 14.1. The van der Waals surface area contributed by atoms with Crippen LogP contribution in [0.15, 0.2) is 18.2 Å². The molecule has 0 saturated carbocycles. The molecule has 4 nitrogen and oxygen atoms in total. The first-order valence-electron chi connectivity index (χ1n) is 7.28. The molecule has 1 aromatic carbocycles. The van der Waals surface area contributed by atoms with Gasteiger partial charge in [0.25, 0.3) is 0 Å². The Morgan fingerprint density at radius 3 is 2.70 bits per heavy atom. The lowest BCUT2D eigenvalue weighted by atomic mass is 10.1. The number of carbonyl (C=O) groups excluding carboxylic acids is 1. The van der Waals surface area contributed by atoms with Crippen molar-refractivity contribution in [1.29, 1.82) is 0 Å². The minimum Gasteiger partial charge on any atom is -0.324 e. The Bertz CT molecular complexity index is 430. The molecule has 4 heteroatoms. The van der Waals surface area contributed by atoms with Gasteiger partial charge in [-0.15, -0.1) is 0 Å². The molecule has 1 amide bonds. The summed E-state index contributed by atoms with van der Waals surface area (Å²) in [7, 11) is 4.11. The van der Waals surface area contributed by atoms with Gasteiger partial charge in [-0.1, -0.05) is 25.1 Å². The maximum Gasteiger partial charge on any atom is 0.238 e. The average Bonchev–Trinajstić information content (AvgIpc) is 2.40. The Morgan fingerprint density at radius 1 is 1.30 bits per heavy atom. The van der Waals surface area contributed by atoms with Gasteiger partial charge in [0.1, 0.15) is 0 Å². The summed E-state index contributed by atoms with van der Waals surface area (Å²) in [6.45, 7) is 6.39. The van der Waals surface area contributed by atoms with Crippen LogP contribution in [0.1, 0.15) is 24.5 Å². The van der Waals surface area contributed by atoms with E-state index in [1.807, 2.05) is 19.1 Å². The lowest BCUT2D eigenvalue weighted by Gasteiger charge is -2.13. The van der Waals surface area contributed by atoms with Crippen molar-refractivity contribution < 1.29 is 4.79 Å². The third-order valence-electron chi connectivity index (χ3n) is 3.25. The molecule has 0 saturated heterocycles. The van der Waals surface area contributed by atoms with E-state index in [9.17, 15) is 4.79 Å². The van der Waals surface area contributed by atoms with E-state index in [2.05, 4.69) is 42.6 Å². The van der Waals surface area contributed by atoms with Crippen molar-refractivity contribution in [1.82, 2.24) is 10.2 Å². The monoisotopic (exact) mass is 277 g/mol. The third-order valence-corrected chi connectivity index (χ3v) is 3.25. The first-order valence-corrected chi connectivity index (χ1v) is 7.28. The molecule has 20 heavy (non-hydrogen) atoms. The predicted octanol–water partition coefficient (Wildman–Crippen LogP) is 2.04. The zero-order chi connectivity index (χ0) is 15.0. The van der Waals surface area contributed by atoms with Crippen LogP contribution in [0.5, 0.6) is 0 Å². The molecule has 0 spiro atoms. The second kappa shape index (κ2) is 8.72. The number of nitrogens with zero attached hydrogens (tertiary/aromatic N) is 1. The van der Waals surface area contributed by atoms with Crippen molar-refractivity contribution in [2.24, 2.45) is 0 Å². The van der Waals surface area contributed by atoms with Gasteiger partial charge in [-0.25, -0.2) is 0 Å². The first-order chi connectivity index (χ1) is 9.54. The Morgan fingerprint density at radius 2 is 2.05 bits per heavy atom. The predicted molar refractivity (Wildman–Crippen MR) is 85.2 cm³/mol. The molecule has 0 heterocycles. The summed E-state index contributed by atoms with van der Waals surface area (Å²) < 4.78 is 0. The summed E-state index contributed by atoms with van der Waals surface area (Å²) >= 11 is 0. The molecule has 2 N–H and O–H groups in total. The molecular formula is C16H27N3O. The van der Waals surface area contributed by atoms with Gasteiger partial charge >= 0.3 is 0 Å². The van der Waals surface area contributed by atoms with Gasteiger partial charge in [0.05, 0.1) is 6.54 Å². The van der Waals surface area contributed by atoms with E-state index in [0.717, 1.165) is 37.2 Å². The van der Waals surface area contributed by atoms with Gasteiger partial charge in [-0.2, -0.15) is 0 Å². The number of aryl methyl sites for hydroxylation is 2. The summed E-state index contributed by atoms with van der Waals surface area (Å²) in [6.07, 6.45) is 1.97. The van der Waals surface area contributed by atoms with Gasteiger partial charge in [0.15, 0.2) is 0 Å². The van der Waals surface area contributed by atoms with Crippen LogP contribution in [0, 0.1) is 6.92 Å². The summed E-state index contributed by atoms with van der Waals surface area (Å²) in [5.74, 6) is 0.0267. The van der Waals surface area contributed by atoms with Crippen LogP contribution in [0.4, 0.5) is 5.69 Å². The van der Waals surface area contributed by atoms with E-state index in [4.69, 9.17) is 0 Å². The van der Waals surface area contributed by atoms with Crippen molar-refractivity contribution in [2.45, 2.75) is 26.7 Å². The molecule has 0 atom stereocenters. The lowest BCUT2D eigenvalue weighted by Crippen LogP contribution is -2.30. The number of hydrogen-bond donors (Lipinski definition) is 2. The Labute approximate surface area is 122 Å². The molecule has 0 aliphatic heterocycles. The Hall–Kier alpha value is -1.39. The van der Waals surface area contributed by atoms with Crippen molar-refractivity contribution in [3.05, 3.63) is 29.3 Å². The van der Waals surface area contributed by atoms with Crippen LogP contribution < -0.4 is 10.6 Å². The fourth-order valence-electron chi connectivity index (χ4n) is 2.11. The highest BCUT2D eigenvalue weighted by Gasteiger charge is 2.07. The van der Waals surface area contributed by atoms with Crippen molar-refractivity contribution in [3.8, 4) is 0 Å². The molecule has 1 aromatic rings. The summed E-state index contributed by atoms with van der Waals surface area (Å²) in [5.41, 5.74) is 3.27. The van der Waals surface area contributed by atoms with E-state index in [1.165, 1.54) is 5.56 Å². The van der Waals surface area contributed by atoms with Gasteiger partial charge in [0, 0.05) is 5.69 Å². The maximum atomic E-state index is 11.9. The largest absolute Gasteiger partial charge is 0.324 e. The van der Waals surface area contributed by atoms with Crippen LogP contribution in [-0.2, 0) is 11.2 Å². The van der Waals surface area contributed by atoms with Crippen LogP contribution >= 0.6 is 0 Å². The van der Waals surface area contributed by atoms with Gasteiger partial charge < -0.3 is 15.5 Å². The fourth-order valence-corrected chi connectivity index (χ4v) is 2.11. The first kappa shape index (κ1) is 16.7. The molecule has 0 aromatic heterocycles. The average molecular weight is 277 g/mol. The maximum absolute atomic E-state index is 11.9.